The van der Waals surface area contributed by atoms with E-state index in [2.05, 4.69) is 24.4 Å². The van der Waals surface area contributed by atoms with E-state index in [1.807, 2.05) is 18.2 Å². The van der Waals surface area contributed by atoms with Gasteiger partial charge in [-0.05, 0) is 25.0 Å². The summed E-state index contributed by atoms with van der Waals surface area (Å²) in [7, 11) is 0. The highest BCUT2D eigenvalue weighted by molar-refractivity contribution is 7.98. The van der Waals surface area contributed by atoms with E-state index in [-0.39, 0.29) is 0 Å². The fourth-order valence-electron chi connectivity index (χ4n) is 2.32. The van der Waals surface area contributed by atoms with Crippen LogP contribution in [-0.2, 0) is 12.4 Å². The third-order valence-corrected chi connectivity index (χ3v) is 5.94. The Bertz CT molecular complexity index is 880. The predicted molar refractivity (Wildman–Crippen MR) is 98.6 cm³/mol. The molecule has 0 amide bonds. The van der Waals surface area contributed by atoms with E-state index in [1.165, 1.54) is 11.5 Å². The first-order chi connectivity index (χ1) is 12.2. The van der Waals surface area contributed by atoms with Crippen LogP contribution in [0.3, 0.4) is 0 Å². The van der Waals surface area contributed by atoms with E-state index in [1.54, 1.807) is 17.8 Å². The molecule has 0 spiro atoms. The third kappa shape index (κ3) is 3.92. The van der Waals surface area contributed by atoms with Crippen molar-refractivity contribution < 1.29 is 4.74 Å². The van der Waals surface area contributed by atoms with Crippen molar-refractivity contribution in [3.05, 3.63) is 45.1 Å². The molecule has 2 heterocycles. The van der Waals surface area contributed by atoms with Crippen molar-refractivity contribution in [2.75, 3.05) is 0 Å². The van der Waals surface area contributed by atoms with Crippen molar-refractivity contribution in [2.45, 2.75) is 36.4 Å². The lowest BCUT2D eigenvalue weighted by atomic mass is 10.3. The van der Waals surface area contributed by atoms with Gasteiger partial charge < -0.3 is 4.74 Å². The van der Waals surface area contributed by atoms with E-state index in [9.17, 15) is 0 Å². The van der Waals surface area contributed by atoms with Crippen molar-refractivity contribution in [3.63, 3.8) is 0 Å². The molecule has 2 aromatic heterocycles. The maximum atomic E-state index is 6.14. The predicted octanol–water partition coefficient (Wildman–Crippen LogP) is 4.64. The van der Waals surface area contributed by atoms with Crippen molar-refractivity contribution in [1.82, 2.24) is 24.4 Å². The standard InChI is InChI=1S/C15H13Cl2N5OS2/c16-10-3-1-2-4-12(10)23-7-13-19-20-15(22(13)9-5-6-9)24-8-11-14(17)25-21-18-11/h1-4,9H,5-8H2. The summed E-state index contributed by atoms with van der Waals surface area (Å²) < 4.78 is 12.4. The molecule has 1 aromatic carbocycles. The van der Waals surface area contributed by atoms with Gasteiger partial charge in [-0.3, -0.25) is 4.57 Å². The summed E-state index contributed by atoms with van der Waals surface area (Å²) in [6.07, 6.45) is 2.26. The highest BCUT2D eigenvalue weighted by atomic mass is 35.5. The Labute approximate surface area is 162 Å². The quantitative estimate of drug-likeness (QED) is 0.525. The summed E-state index contributed by atoms with van der Waals surface area (Å²) in [6.45, 7) is 0.326. The minimum absolute atomic E-state index is 0.326. The number of hydrogen-bond acceptors (Lipinski definition) is 7. The molecule has 0 atom stereocenters. The molecule has 130 valence electrons. The Morgan fingerprint density at radius 1 is 1.20 bits per heavy atom. The van der Waals surface area contributed by atoms with Crippen LogP contribution in [0.1, 0.15) is 30.4 Å². The van der Waals surface area contributed by atoms with Crippen LogP contribution in [0, 0.1) is 0 Å². The zero-order valence-corrected chi connectivity index (χ0v) is 16.1. The van der Waals surface area contributed by atoms with Crippen LogP contribution in [0.4, 0.5) is 0 Å². The lowest BCUT2D eigenvalue weighted by Gasteiger charge is -2.10. The van der Waals surface area contributed by atoms with Gasteiger partial charge in [-0.1, -0.05) is 51.6 Å². The van der Waals surface area contributed by atoms with Gasteiger partial charge in [0, 0.05) is 23.3 Å². The molecule has 10 heteroatoms. The molecule has 1 fully saturated rings. The molecule has 0 radical (unpaired) electrons. The summed E-state index contributed by atoms with van der Waals surface area (Å²) in [6, 6.07) is 7.84. The summed E-state index contributed by atoms with van der Waals surface area (Å²) >= 11 is 14.9. The summed E-state index contributed by atoms with van der Waals surface area (Å²) in [5.74, 6) is 2.06. The number of hydrogen-bond donors (Lipinski definition) is 0. The normalized spacial score (nSPS) is 14.0. The van der Waals surface area contributed by atoms with Crippen molar-refractivity contribution in [3.8, 4) is 5.75 Å². The number of rotatable bonds is 7. The van der Waals surface area contributed by atoms with Gasteiger partial charge in [0.05, 0.1) is 5.02 Å². The van der Waals surface area contributed by atoms with Crippen LogP contribution in [0.25, 0.3) is 0 Å². The maximum Gasteiger partial charge on any atom is 0.191 e. The molecular formula is C15H13Cl2N5OS2. The van der Waals surface area contributed by atoms with Gasteiger partial charge in [0.2, 0.25) is 0 Å². The van der Waals surface area contributed by atoms with Crippen molar-refractivity contribution >= 4 is 46.5 Å². The number of nitrogens with zero attached hydrogens (tertiary/aromatic N) is 5. The number of halogens is 2. The van der Waals surface area contributed by atoms with E-state index in [0.717, 1.165) is 29.5 Å². The molecule has 25 heavy (non-hydrogen) atoms. The second-order valence-corrected chi connectivity index (χ2v) is 8.21. The van der Waals surface area contributed by atoms with E-state index in [4.69, 9.17) is 27.9 Å². The van der Waals surface area contributed by atoms with Crippen LogP contribution in [0.15, 0.2) is 29.4 Å². The zero-order valence-electron chi connectivity index (χ0n) is 12.9. The average Bonchev–Trinajstić information content (AvgIpc) is 3.24. The Hall–Kier alpha value is -1.35. The number of thioether (sulfide) groups is 1. The monoisotopic (exact) mass is 413 g/mol. The molecule has 1 aliphatic rings. The Balaban J connectivity index is 1.48. The van der Waals surface area contributed by atoms with Crippen LogP contribution < -0.4 is 4.74 Å². The van der Waals surface area contributed by atoms with Gasteiger partial charge in [-0.2, -0.15) is 0 Å². The molecule has 0 unspecified atom stereocenters. The SMILES string of the molecule is Clc1ccccc1OCc1nnc(SCc2nnsc2Cl)n1C1CC1. The number of ether oxygens (including phenoxy) is 1. The molecule has 0 bridgehead atoms. The van der Waals surface area contributed by atoms with Crippen LogP contribution >= 0.6 is 46.5 Å². The minimum atomic E-state index is 0.326. The molecule has 0 N–H and O–H groups in total. The second-order valence-electron chi connectivity index (χ2n) is 5.50. The fourth-order valence-corrected chi connectivity index (χ4v) is 4.27. The molecule has 1 saturated carbocycles. The first kappa shape index (κ1) is 17.1. The summed E-state index contributed by atoms with van der Waals surface area (Å²) in [4.78, 5) is 0. The maximum absolute atomic E-state index is 6.14. The third-order valence-electron chi connectivity index (χ3n) is 3.69. The van der Waals surface area contributed by atoms with Crippen molar-refractivity contribution in [2.24, 2.45) is 0 Å². The minimum Gasteiger partial charge on any atom is -0.484 e. The van der Waals surface area contributed by atoms with Gasteiger partial charge in [0.1, 0.15) is 22.4 Å². The summed E-state index contributed by atoms with van der Waals surface area (Å²) in [5.41, 5.74) is 0.774. The van der Waals surface area contributed by atoms with Gasteiger partial charge in [-0.25, -0.2) is 0 Å². The smallest absolute Gasteiger partial charge is 0.191 e. The number of benzene rings is 1. The Kier molecular flexibility index (Phi) is 5.12. The van der Waals surface area contributed by atoms with Crippen LogP contribution in [-0.4, -0.2) is 24.4 Å². The molecule has 6 nitrogen and oxygen atoms in total. The molecule has 0 saturated heterocycles. The lowest BCUT2D eigenvalue weighted by Crippen LogP contribution is -2.07. The van der Waals surface area contributed by atoms with Crippen molar-refractivity contribution in [1.29, 1.82) is 0 Å². The van der Waals surface area contributed by atoms with Gasteiger partial charge in [0.15, 0.2) is 11.0 Å². The molecule has 1 aliphatic carbocycles. The van der Waals surface area contributed by atoms with E-state index in [0.29, 0.717) is 33.5 Å². The van der Waals surface area contributed by atoms with Crippen LogP contribution in [0.5, 0.6) is 5.75 Å². The largest absolute Gasteiger partial charge is 0.484 e. The van der Waals surface area contributed by atoms with Gasteiger partial charge in [-0.15, -0.1) is 15.3 Å². The Morgan fingerprint density at radius 3 is 2.76 bits per heavy atom. The highest BCUT2D eigenvalue weighted by Gasteiger charge is 2.30. The zero-order chi connectivity index (χ0) is 17.2. The van der Waals surface area contributed by atoms with E-state index >= 15 is 0 Å². The molecule has 0 aliphatic heterocycles. The number of aromatic nitrogens is 5. The summed E-state index contributed by atoms with van der Waals surface area (Å²) in [5, 5.41) is 14.1. The first-order valence-electron chi connectivity index (χ1n) is 7.63. The highest BCUT2D eigenvalue weighted by Crippen LogP contribution is 2.40. The molecule has 3 aromatic rings. The lowest BCUT2D eigenvalue weighted by molar-refractivity contribution is 0.288. The van der Waals surface area contributed by atoms with Gasteiger partial charge in [0.25, 0.3) is 0 Å². The topological polar surface area (TPSA) is 65.7 Å². The first-order valence-corrected chi connectivity index (χ1v) is 10.1. The average molecular weight is 414 g/mol. The fraction of sp³-hybridized carbons (Fsp3) is 0.333. The van der Waals surface area contributed by atoms with Crippen LogP contribution in [0.2, 0.25) is 9.36 Å². The number of para-hydroxylation sites is 1. The van der Waals surface area contributed by atoms with Gasteiger partial charge >= 0.3 is 0 Å². The van der Waals surface area contributed by atoms with E-state index < -0.39 is 0 Å². The molecular weight excluding hydrogens is 401 g/mol. The second kappa shape index (κ2) is 7.49. The Morgan fingerprint density at radius 2 is 2.04 bits per heavy atom. The molecule has 4 rings (SSSR count).